The van der Waals surface area contributed by atoms with Gasteiger partial charge in [-0.3, -0.25) is 0 Å². The van der Waals surface area contributed by atoms with Crippen molar-refractivity contribution in [3.8, 4) is 0 Å². The normalized spacial score (nSPS) is 21.7. The van der Waals surface area contributed by atoms with E-state index in [0.717, 1.165) is 0 Å². The highest BCUT2D eigenvalue weighted by molar-refractivity contribution is 7.77. The lowest BCUT2D eigenvalue weighted by atomic mass is 10.5. The molecule has 2 unspecified atom stereocenters. The zero-order chi connectivity index (χ0) is 11.8. The number of alkyl halides is 2. The van der Waals surface area contributed by atoms with Crippen LogP contribution in [0.5, 0.6) is 0 Å². The van der Waals surface area contributed by atoms with Crippen LogP contribution in [0.1, 0.15) is 13.8 Å². The van der Waals surface area contributed by atoms with E-state index in [1.165, 1.54) is 13.8 Å². The van der Waals surface area contributed by atoms with Crippen LogP contribution in [-0.2, 0) is 13.7 Å². The van der Waals surface area contributed by atoms with E-state index in [0.29, 0.717) is 0 Å². The molecule has 0 saturated carbocycles. The first kappa shape index (κ1) is 14.9. The summed E-state index contributed by atoms with van der Waals surface area (Å²) in [4.78, 5) is 30.1. The molecule has 0 aliphatic carbocycles. The summed E-state index contributed by atoms with van der Waals surface area (Å²) in [5, 5.41) is 0. The van der Waals surface area contributed by atoms with Gasteiger partial charge in [0, 0.05) is 0 Å². The predicted molar refractivity (Wildman–Crippen MR) is 48.1 cm³/mol. The fourth-order valence-electron chi connectivity index (χ4n) is 0.496. The molecule has 0 aliphatic rings. The summed E-state index contributed by atoms with van der Waals surface area (Å²) in [6.45, 7) is 2.67. The van der Waals surface area contributed by atoms with Gasteiger partial charge < -0.3 is 28.3 Å². The Labute approximate surface area is 90.9 Å². The highest BCUT2D eigenvalue weighted by Gasteiger charge is 2.47. The van der Waals surface area contributed by atoms with Gasteiger partial charge in [-0.2, -0.15) is 0 Å². The van der Waals surface area contributed by atoms with Gasteiger partial charge in [0.05, 0.1) is 6.10 Å². The molecule has 0 heterocycles. The molecule has 86 valence electrons. The van der Waals surface area contributed by atoms with Gasteiger partial charge in [-0.25, -0.2) is 0 Å². The minimum absolute atomic E-state index is 0.832. The Kier molecular flexibility index (Phi) is 4.68. The molecule has 10 heteroatoms. The maximum absolute atomic E-state index is 11.1. The highest BCUT2D eigenvalue weighted by atomic mass is 35.5. The fraction of sp³-hybridized carbons (Fsp3) is 1.00. The van der Waals surface area contributed by atoms with E-state index in [1.54, 1.807) is 0 Å². The molecule has 0 bridgehead atoms. The van der Waals surface area contributed by atoms with Gasteiger partial charge in [0.1, 0.15) is 0 Å². The SMILES string of the molecule is CC(C)OP(=O)([O-])C(Cl)(Cl)P(=O)([O-])O. The van der Waals surface area contributed by atoms with Crippen LogP contribution < -0.4 is 9.79 Å². The van der Waals surface area contributed by atoms with Crippen LogP contribution in [0.2, 0.25) is 0 Å². The third-order valence-electron chi connectivity index (χ3n) is 1.02. The van der Waals surface area contributed by atoms with Gasteiger partial charge >= 0.3 is 0 Å². The van der Waals surface area contributed by atoms with E-state index in [9.17, 15) is 18.9 Å². The molecule has 1 N–H and O–H groups in total. The van der Waals surface area contributed by atoms with Gasteiger partial charge in [0.15, 0.2) is 15.2 Å². The van der Waals surface area contributed by atoms with Crippen molar-refractivity contribution in [1.29, 1.82) is 0 Å². The third-order valence-corrected chi connectivity index (χ3v) is 7.07. The molecular weight excluding hydrogens is 277 g/mol. The summed E-state index contributed by atoms with van der Waals surface area (Å²) < 4.78 is 22.5. The fourth-order valence-corrected chi connectivity index (χ4v) is 2.80. The van der Waals surface area contributed by atoms with Gasteiger partial charge in [0.25, 0.3) is 0 Å². The largest absolute Gasteiger partial charge is 0.776 e. The molecule has 0 aromatic rings. The summed E-state index contributed by atoms with van der Waals surface area (Å²) in [6.07, 6.45) is -0.832. The molecule has 6 nitrogen and oxygen atoms in total. The summed E-state index contributed by atoms with van der Waals surface area (Å²) in [6, 6.07) is 0. The van der Waals surface area contributed by atoms with Gasteiger partial charge in [-0.15, -0.1) is 0 Å². The minimum atomic E-state index is -5.47. The molecule has 0 radical (unpaired) electrons. The summed E-state index contributed by atoms with van der Waals surface area (Å²) >= 11 is 9.97. The van der Waals surface area contributed by atoms with Gasteiger partial charge in [-0.05, 0) is 13.8 Å². The van der Waals surface area contributed by atoms with Gasteiger partial charge in [0.2, 0.25) is 3.82 Å². The van der Waals surface area contributed by atoms with Crippen LogP contribution in [0.4, 0.5) is 0 Å². The van der Waals surface area contributed by atoms with E-state index in [2.05, 4.69) is 4.52 Å². The summed E-state index contributed by atoms with van der Waals surface area (Å²) in [7, 11) is -10.6. The van der Waals surface area contributed by atoms with E-state index in [1.807, 2.05) is 0 Å². The predicted octanol–water partition coefficient (Wildman–Crippen LogP) is 0.599. The van der Waals surface area contributed by atoms with Crippen molar-refractivity contribution < 1.29 is 28.3 Å². The molecule has 14 heavy (non-hydrogen) atoms. The molecule has 0 spiro atoms. The minimum Gasteiger partial charge on any atom is -0.776 e. The second-order valence-electron chi connectivity index (χ2n) is 2.68. The molecule has 0 fully saturated rings. The lowest BCUT2D eigenvalue weighted by Gasteiger charge is -2.40. The maximum Gasteiger partial charge on any atom is 0.243 e. The average Bonchev–Trinajstić information content (AvgIpc) is 1.80. The second kappa shape index (κ2) is 4.40. The topological polar surface area (TPSA) is 110 Å². The van der Waals surface area contributed by atoms with E-state index in [4.69, 9.17) is 28.1 Å². The number of hydrogen-bond donors (Lipinski definition) is 1. The summed E-state index contributed by atoms with van der Waals surface area (Å²) in [5.41, 5.74) is 0. The quantitative estimate of drug-likeness (QED) is 0.598. The first-order chi connectivity index (χ1) is 5.92. The van der Waals surface area contributed by atoms with Crippen LogP contribution in [0.15, 0.2) is 0 Å². The van der Waals surface area contributed by atoms with Crippen molar-refractivity contribution in [3.63, 3.8) is 0 Å². The van der Waals surface area contributed by atoms with Crippen molar-refractivity contribution in [1.82, 2.24) is 0 Å². The van der Waals surface area contributed by atoms with E-state index < -0.39 is 25.1 Å². The second-order valence-corrected chi connectivity index (χ2v) is 9.00. The Balaban J connectivity index is 5.09. The first-order valence-electron chi connectivity index (χ1n) is 3.33. The first-order valence-corrected chi connectivity index (χ1v) is 7.20. The Morgan fingerprint density at radius 3 is 1.93 bits per heavy atom. The monoisotopic (exact) mass is 284 g/mol. The zero-order valence-corrected chi connectivity index (χ0v) is 10.5. The molecule has 0 amide bonds. The highest BCUT2D eigenvalue weighted by Crippen LogP contribution is 2.72. The van der Waals surface area contributed by atoms with Crippen molar-refractivity contribution in [3.05, 3.63) is 0 Å². The molecule has 0 aromatic carbocycles. The Morgan fingerprint density at radius 2 is 1.71 bits per heavy atom. The van der Waals surface area contributed by atoms with E-state index >= 15 is 0 Å². The number of hydrogen-bond acceptors (Lipinski definition) is 5. The van der Waals surface area contributed by atoms with E-state index in [-0.39, 0.29) is 0 Å². The Hall–Kier alpha value is 0.880. The molecular formula is C4H8Cl2O6P2-2. The van der Waals surface area contributed by atoms with Crippen LogP contribution in [0.25, 0.3) is 0 Å². The number of rotatable bonds is 4. The van der Waals surface area contributed by atoms with Crippen molar-refractivity contribution >= 4 is 38.4 Å². The maximum atomic E-state index is 11.1. The van der Waals surface area contributed by atoms with Crippen LogP contribution in [-0.4, -0.2) is 14.8 Å². The lowest BCUT2D eigenvalue weighted by Crippen LogP contribution is -2.29. The zero-order valence-electron chi connectivity index (χ0n) is 7.22. The lowest BCUT2D eigenvalue weighted by molar-refractivity contribution is -0.210. The Bertz CT molecular complexity index is 296. The molecule has 0 aromatic heterocycles. The molecule has 0 aliphatic heterocycles. The van der Waals surface area contributed by atoms with Crippen molar-refractivity contribution in [2.24, 2.45) is 0 Å². The Morgan fingerprint density at radius 1 is 1.36 bits per heavy atom. The molecule has 0 saturated heterocycles. The standard InChI is InChI=1S/C4H10Cl2O6P2/c1-3(2)12-14(10,11)4(5,6)13(7,8)9/h3H,1-2H3,(H,10,11)(H2,7,8,9)/p-2. The van der Waals surface area contributed by atoms with Crippen LogP contribution in [0.3, 0.4) is 0 Å². The van der Waals surface area contributed by atoms with Crippen LogP contribution >= 0.6 is 38.4 Å². The van der Waals surface area contributed by atoms with Crippen LogP contribution in [0, 0.1) is 0 Å². The van der Waals surface area contributed by atoms with Crippen molar-refractivity contribution in [2.45, 2.75) is 23.8 Å². The van der Waals surface area contributed by atoms with Crippen molar-refractivity contribution in [2.75, 3.05) is 0 Å². The smallest absolute Gasteiger partial charge is 0.243 e. The number of halogens is 2. The average molecular weight is 285 g/mol. The summed E-state index contributed by atoms with van der Waals surface area (Å²) in [5.74, 6) is 0. The third kappa shape index (κ3) is 3.19. The molecule has 0 rings (SSSR count). The molecule has 2 atom stereocenters. The van der Waals surface area contributed by atoms with Gasteiger partial charge in [-0.1, -0.05) is 23.2 Å².